The predicted molar refractivity (Wildman–Crippen MR) is 85.9 cm³/mol. The van der Waals surface area contributed by atoms with E-state index in [9.17, 15) is 0 Å². The summed E-state index contributed by atoms with van der Waals surface area (Å²) in [6.07, 6.45) is 0. The number of rotatable bonds is 1. The van der Waals surface area contributed by atoms with Gasteiger partial charge in [0.25, 0.3) is 0 Å². The maximum atomic E-state index is 6.28. The molecule has 0 saturated carbocycles. The van der Waals surface area contributed by atoms with Crippen molar-refractivity contribution >= 4 is 60.4 Å². The summed E-state index contributed by atoms with van der Waals surface area (Å²) in [5.41, 5.74) is 8.57. The van der Waals surface area contributed by atoms with E-state index in [1.807, 2.05) is 41.0 Å². The van der Waals surface area contributed by atoms with Gasteiger partial charge in [-0.05, 0) is 36.4 Å². The van der Waals surface area contributed by atoms with E-state index in [-0.39, 0.29) is 0 Å². The van der Waals surface area contributed by atoms with Crippen molar-refractivity contribution in [3.63, 3.8) is 0 Å². The molecule has 3 rings (SSSR count). The fourth-order valence-electron chi connectivity index (χ4n) is 1.99. The number of nitrogens with zero attached hydrogens (tertiary/aromatic N) is 2. The summed E-state index contributed by atoms with van der Waals surface area (Å²) >= 11 is 13.1. The molecule has 0 aliphatic heterocycles. The predicted octanol–water partition coefficient (Wildman–Crippen LogP) is 4.79. The van der Waals surface area contributed by atoms with Crippen molar-refractivity contribution in [1.29, 1.82) is 0 Å². The largest absolute Gasteiger partial charge is 0.369 e. The van der Waals surface area contributed by atoms with E-state index in [2.05, 4.69) is 36.8 Å². The van der Waals surface area contributed by atoms with Crippen LogP contribution in [0.4, 0.5) is 5.95 Å². The van der Waals surface area contributed by atoms with Crippen LogP contribution >= 0.6 is 43.5 Å². The summed E-state index contributed by atoms with van der Waals surface area (Å²) in [5.74, 6) is 0.414. The summed E-state index contributed by atoms with van der Waals surface area (Å²) in [4.78, 5) is 4.35. The van der Waals surface area contributed by atoms with E-state index in [1.165, 1.54) is 0 Å². The SMILES string of the molecule is Nc1nc2cc(Br)ccc2n1-c1ccc(Br)cc1Cl. The van der Waals surface area contributed by atoms with Gasteiger partial charge in [0.2, 0.25) is 5.95 Å². The Kier molecular flexibility index (Phi) is 3.28. The minimum absolute atomic E-state index is 0.414. The van der Waals surface area contributed by atoms with E-state index in [4.69, 9.17) is 17.3 Å². The molecule has 6 heteroatoms. The molecule has 2 N–H and O–H groups in total. The lowest BCUT2D eigenvalue weighted by molar-refractivity contribution is 1.11. The number of halogens is 3. The zero-order chi connectivity index (χ0) is 13.6. The number of imidazole rings is 1. The highest BCUT2D eigenvalue weighted by molar-refractivity contribution is 9.10. The first-order valence-electron chi connectivity index (χ1n) is 5.45. The van der Waals surface area contributed by atoms with E-state index in [0.29, 0.717) is 11.0 Å². The third-order valence-corrected chi connectivity index (χ3v) is 4.08. The standard InChI is InChI=1S/C13H8Br2ClN3/c14-7-1-3-11(9(16)5-7)19-12-4-2-8(15)6-10(12)18-13(19)17/h1-6H,(H2,17,18). The molecule has 96 valence electrons. The van der Waals surface area contributed by atoms with Crippen LogP contribution in [0.5, 0.6) is 0 Å². The Morgan fingerprint density at radius 1 is 1.05 bits per heavy atom. The molecule has 19 heavy (non-hydrogen) atoms. The first-order chi connectivity index (χ1) is 9.06. The first kappa shape index (κ1) is 13.0. The fourth-order valence-corrected chi connectivity index (χ4v) is 3.09. The molecule has 0 aliphatic rings. The van der Waals surface area contributed by atoms with Crippen LogP contribution in [0.25, 0.3) is 16.7 Å². The van der Waals surface area contributed by atoms with Gasteiger partial charge in [-0.2, -0.15) is 0 Å². The topological polar surface area (TPSA) is 43.8 Å². The van der Waals surface area contributed by atoms with Crippen LogP contribution in [0.1, 0.15) is 0 Å². The lowest BCUT2D eigenvalue weighted by atomic mass is 10.3. The van der Waals surface area contributed by atoms with Gasteiger partial charge in [0.1, 0.15) is 0 Å². The van der Waals surface area contributed by atoms with Gasteiger partial charge in [-0.15, -0.1) is 0 Å². The number of anilines is 1. The molecule has 0 radical (unpaired) electrons. The number of fused-ring (bicyclic) bond motifs is 1. The van der Waals surface area contributed by atoms with Crippen molar-refractivity contribution in [1.82, 2.24) is 9.55 Å². The molecule has 0 fully saturated rings. The Hall–Kier alpha value is -1.04. The first-order valence-corrected chi connectivity index (χ1v) is 7.41. The minimum Gasteiger partial charge on any atom is -0.369 e. The van der Waals surface area contributed by atoms with Crippen LogP contribution in [0.3, 0.4) is 0 Å². The van der Waals surface area contributed by atoms with Gasteiger partial charge in [0, 0.05) is 8.95 Å². The Bertz CT molecular complexity index is 783. The van der Waals surface area contributed by atoms with E-state index < -0.39 is 0 Å². The monoisotopic (exact) mass is 399 g/mol. The summed E-state index contributed by atoms with van der Waals surface area (Å²) in [6.45, 7) is 0. The van der Waals surface area contributed by atoms with Gasteiger partial charge in [-0.3, -0.25) is 4.57 Å². The van der Waals surface area contributed by atoms with Crippen LogP contribution in [-0.2, 0) is 0 Å². The second kappa shape index (κ2) is 4.81. The number of nitrogens with two attached hydrogens (primary N) is 1. The molecule has 3 nitrogen and oxygen atoms in total. The van der Waals surface area contributed by atoms with Crippen LogP contribution in [0.15, 0.2) is 45.3 Å². The van der Waals surface area contributed by atoms with Gasteiger partial charge < -0.3 is 5.73 Å². The van der Waals surface area contributed by atoms with Gasteiger partial charge in [0.15, 0.2) is 0 Å². The highest BCUT2D eigenvalue weighted by Gasteiger charge is 2.12. The number of hydrogen-bond acceptors (Lipinski definition) is 2. The number of aromatic nitrogens is 2. The molecule has 0 unspecified atom stereocenters. The number of hydrogen-bond donors (Lipinski definition) is 1. The van der Waals surface area contributed by atoms with Crippen LogP contribution in [0, 0.1) is 0 Å². The molecule has 0 amide bonds. The average molecular weight is 401 g/mol. The molecule has 3 aromatic rings. The van der Waals surface area contributed by atoms with Gasteiger partial charge in [0.05, 0.1) is 21.7 Å². The maximum Gasteiger partial charge on any atom is 0.205 e. The second-order valence-corrected chi connectivity index (χ2v) is 6.27. The normalized spacial score (nSPS) is 11.1. The summed E-state index contributed by atoms with van der Waals surface area (Å²) < 4.78 is 3.73. The summed E-state index contributed by atoms with van der Waals surface area (Å²) in [7, 11) is 0. The van der Waals surface area contributed by atoms with Gasteiger partial charge >= 0.3 is 0 Å². The van der Waals surface area contributed by atoms with Crippen LogP contribution < -0.4 is 5.73 Å². The molecular weight excluding hydrogens is 393 g/mol. The van der Waals surface area contributed by atoms with Gasteiger partial charge in [-0.1, -0.05) is 43.5 Å². The number of nitrogen functional groups attached to an aromatic ring is 1. The maximum absolute atomic E-state index is 6.28. The van der Waals surface area contributed by atoms with Crippen molar-refractivity contribution in [2.45, 2.75) is 0 Å². The third kappa shape index (κ3) is 2.26. The van der Waals surface area contributed by atoms with Gasteiger partial charge in [-0.25, -0.2) is 4.98 Å². The molecule has 0 bridgehead atoms. The van der Waals surface area contributed by atoms with Crippen molar-refractivity contribution in [2.24, 2.45) is 0 Å². The highest BCUT2D eigenvalue weighted by atomic mass is 79.9. The zero-order valence-corrected chi connectivity index (χ0v) is 13.5. The molecule has 0 aliphatic carbocycles. The Morgan fingerprint density at radius 3 is 2.47 bits per heavy atom. The molecule has 0 atom stereocenters. The third-order valence-electron chi connectivity index (χ3n) is 2.79. The Labute approximate surface area is 131 Å². The van der Waals surface area contributed by atoms with E-state index in [1.54, 1.807) is 0 Å². The molecule has 1 heterocycles. The van der Waals surface area contributed by atoms with Crippen LogP contribution in [-0.4, -0.2) is 9.55 Å². The fraction of sp³-hybridized carbons (Fsp3) is 0. The smallest absolute Gasteiger partial charge is 0.205 e. The van der Waals surface area contributed by atoms with Crippen molar-refractivity contribution in [2.75, 3.05) is 5.73 Å². The molecule has 1 aromatic heterocycles. The summed E-state index contributed by atoms with van der Waals surface area (Å²) in [6, 6.07) is 11.5. The molecule has 2 aromatic carbocycles. The van der Waals surface area contributed by atoms with E-state index in [0.717, 1.165) is 25.7 Å². The van der Waals surface area contributed by atoms with Crippen molar-refractivity contribution < 1.29 is 0 Å². The zero-order valence-electron chi connectivity index (χ0n) is 9.57. The molecule has 0 spiro atoms. The average Bonchev–Trinajstić information content (AvgIpc) is 2.65. The highest BCUT2D eigenvalue weighted by Crippen LogP contribution is 2.31. The number of benzene rings is 2. The molecule has 0 saturated heterocycles. The van der Waals surface area contributed by atoms with Crippen molar-refractivity contribution in [3.05, 3.63) is 50.4 Å². The van der Waals surface area contributed by atoms with Crippen LogP contribution in [0.2, 0.25) is 5.02 Å². The summed E-state index contributed by atoms with van der Waals surface area (Å²) in [5, 5.41) is 0.614. The van der Waals surface area contributed by atoms with E-state index >= 15 is 0 Å². The Morgan fingerprint density at radius 2 is 1.74 bits per heavy atom. The lowest BCUT2D eigenvalue weighted by Crippen LogP contribution is -2.01. The van der Waals surface area contributed by atoms with Crippen molar-refractivity contribution in [3.8, 4) is 5.69 Å². The quantitative estimate of drug-likeness (QED) is 0.637. The minimum atomic E-state index is 0.414. The second-order valence-electron chi connectivity index (χ2n) is 4.03. The molecular formula is C13H8Br2ClN3. The lowest BCUT2D eigenvalue weighted by Gasteiger charge is -2.09. The Balaban J connectivity index is 2.33.